The quantitative estimate of drug-likeness (QED) is 0.758. The minimum Gasteiger partial charge on any atom is -0.313 e. The van der Waals surface area contributed by atoms with E-state index < -0.39 is 5.24 Å². The van der Waals surface area contributed by atoms with Crippen LogP contribution in [0.1, 0.15) is 30.2 Å². The van der Waals surface area contributed by atoms with Crippen molar-refractivity contribution in [2.75, 3.05) is 0 Å². The SMILES string of the molecule is CCn1c(C)cc(C)c(CCC(=O)Cl)c1=O. The maximum absolute atomic E-state index is 12.1. The van der Waals surface area contributed by atoms with Crippen molar-refractivity contribution in [3.8, 4) is 0 Å². The summed E-state index contributed by atoms with van der Waals surface area (Å²) in [6, 6.07) is 1.97. The molecule has 0 aliphatic carbocycles. The highest BCUT2D eigenvalue weighted by Gasteiger charge is 2.10. The summed E-state index contributed by atoms with van der Waals surface area (Å²) in [5.74, 6) is 0. The van der Waals surface area contributed by atoms with Crippen LogP contribution in [0.15, 0.2) is 10.9 Å². The smallest absolute Gasteiger partial charge is 0.254 e. The number of pyridine rings is 1. The molecule has 1 heterocycles. The van der Waals surface area contributed by atoms with E-state index in [1.807, 2.05) is 26.8 Å². The number of aryl methyl sites for hydroxylation is 2. The van der Waals surface area contributed by atoms with Crippen LogP contribution in [-0.4, -0.2) is 9.81 Å². The number of hydrogen-bond donors (Lipinski definition) is 0. The van der Waals surface area contributed by atoms with Gasteiger partial charge >= 0.3 is 0 Å². The Morgan fingerprint density at radius 1 is 1.44 bits per heavy atom. The molecule has 0 N–H and O–H groups in total. The molecule has 4 heteroatoms. The van der Waals surface area contributed by atoms with Crippen LogP contribution in [-0.2, 0) is 17.8 Å². The summed E-state index contributed by atoms with van der Waals surface area (Å²) in [5.41, 5.74) is 2.58. The molecule has 0 spiro atoms. The number of nitrogens with zero attached hydrogens (tertiary/aromatic N) is 1. The van der Waals surface area contributed by atoms with Crippen molar-refractivity contribution < 1.29 is 4.79 Å². The normalized spacial score (nSPS) is 10.5. The second kappa shape index (κ2) is 5.30. The Bertz CT molecular complexity index is 463. The molecule has 0 aromatic carbocycles. The molecule has 0 bridgehead atoms. The molecular weight excluding hydrogens is 226 g/mol. The van der Waals surface area contributed by atoms with Gasteiger partial charge in [0, 0.05) is 24.2 Å². The van der Waals surface area contributed by atoms with Crippen molar-refractivity contribution in [3.63, 3.8) is 0 Å². The lowest BCUT2D eigenvalue weighted by atomic mass is 10.1. The van der Waals surface area contributed by atoms with Gasteiger partial charge in [-0.05, 0) is 50.4 Å². The lowest BCUT2D eigenvalue weighted by Gasteiger charge is -2.12. The van der Waals surface area contributed by atoms with Gasteiger partial charge in [-0.3, -0.25) is 9.59 Å². The summed E-state index contributed by atoms with van der Waals surface area (Å²) in [5, 5.41) is -0.401. The van der Waals surface area contributed by atoms with Crippen molar-refractivity contribution >= 4 is 16.8 Å². The summed E-state index contributed by atoms with van der Waals surface area (Å²) in [6.45, 7) is 6.38. The number of carbonyl (C=O) groups excluding carboxylic acids is 1. The Morgan fingerprint density at radius 2 is 2.06 bits per heavy atom. The number of halogens is 1. The van der Waals surface area contributed by atoms with Crippen molar-refractivity contribution in [1.82, 2.24) is 4.57 Å². The van der Waals surface area contributed by atoms with Crippen LogP contribution in [0, 0.1) is 13.8 Å². The second-order valence-corrected chi connectivity index (χ2v) is 4.27. The maximum atomic E-state index is 12.1. The molecule has 0 fully saturated rings. The molecule has 16 heavy (non-hydrogen) atoms. The molecule has 0 atom stereocenters. The minimum atomic E-state index is -0.401. The number of carbonyl (C=O) groups is 1. The Morgan fingerprint density at radius 3 is 2.56 bits per heavy atom. The van der Waals surface area contributed by atoms with Gasteiger partial charge in [-0.15, -0.1) is 0 Å². The Balaban J connectivity index is 3.18. The average Bonchev–Trinajstić information content (AvgIpc) is 2.16. The first-order chi connectivity index (χ1) is 7.47. The van der Waals surface area contributed by atoms with E-state index in [1.54, 1.807) is 4.57 Å². The van der Waals surface area contributed by atoms with Crippen molar-refractivity contribution in [2.24, 2.45) is 0 Å². The van der Waals surface area contributed by atoms with Gasteiger partial charge in [-0.25, -0.2) is 0 Å². The topological polar surface area (TPSA) is 39.1 Å². The summed E-state index contributed by atoms with van der Waals surface area (Å²) >= 11 is 5.29. The number of aromatic nitrogens is 1. The summed E-state index contributed by atoms with van der Waals surface area (Å²) in [6.07, 6.45) is 0.637. The maximum Gasteiger partial charge on any atom is 0.254 e. The van der Waals surface area contributed by atoms with Crippen molar-refractivity contribution in [1.29, 1.82) is 0 Å². The first-order valence-corrected chi connectivity index (χ1v) is 5.73. The highest BCUT2D eigenvalue weighted by atomic mass is 35.5. The highest BCUT2D eigenvalue weighted by molar-refractivity contribution is 6.63. The molecule has 0 saturated heterocycles. The van der Waals surface area contributed by atoms with Crippen LogP contribution in [0.25, 0.3) is 0 Å². The molecular formula is C12H16ClNO2. The van der Waals surface area contributed by atoms with E-state index in [9.17, 15) is 9.59 Å². The van der Waals surface area contributed by atoms with E-state index in [4.69, 9.17) is 11.6 Å². The average molecular weight is 242 g/mol. The second-order valence-electron chi connectivity index (χ2n) is 3.85. The van der Waals surface area contributed by atoms with Gasteiger partial charge in [0.15, 0.2) is 0 Å². The molecule has 0 aliphatic heterocycles. The third-order valence-corrected chi connectivity index (χ3v) is 2.91. The highest BCUT2D eigenvalue weighted by Crippen LogP contribution is 2.09. The van der Waals surface area contributed by atoms with Crippen LogP contribution in [0.5, 0.6) is 0 Å². The third-order valence-electron chi connectivity index (χ3n) is 2.72. The Labute approximate surface area is 100 Å². The molecule has 1 aromatic heterocycles. The van der Waals surface area contributed by atoms with Crippen LogP contribution in [0.2, 0.25) is 0 Å². The Hall–Kier alpha value is -1.09. The predicted molar refractivity (Wildman–Crippen MR) is 65.0 cm³/mol. The van der Waals surface area contributed by atoms with Gasteiger partial charge in [-0.2, -0.15) is 0 Å². The van der Waals surface area contributed by atoms with Crippen molar-refractivity contribution in [2.45, 2.75) is 40.2 Å². The molecule has 0 amide bonds. The van der Waals surface area contributed by atoms with Crippen LogP contribution < -0.4 is 5.56 Å². The fourth-order valence-corrected chi connectivity index (χ4v) is 1.98. The van der Waals surface area contributed by atoms with Gasteiger partial charge in [0.2, 0.25) is 5.24 Å². The Kier molecular flexibility index (Phi) is 4.30. The zero-order valence-electron chi connectivity index (χ0n) is 9.84. The van der Waals surface area contributed by atoms with Crippen LogP contribution in [0.3, 0.4) is 0 Å². The van der Waals surface area contributed by atoms with E-state index >= 15 is 0 Å². The van der Waals surface area contributed by atoms with Gasteiger partial charge in [-0.1, -0.05) is 0 Å². The van der Waals surface area contributed by atoms with Gasteiger partial charge < -0.3 is 4.57 Å². The third kappa shape index (κ3) is 2.73. The summed E-state index contributed by atoms with van der Waals surface area (Å²) < 4.78 is 1.71. The van der Waals surface area contributed by atoms with Crippen molar-refractivity contribution in [3.05, 3.63) is 33.2 Å². The van der Waals surface area contributed by atoms with Gasteiger partial charge in [0.25, 0.3) is 5.56 Å². The van der Waals surface area contributed by atoms with Gasteiger partial charge in [0.05, 0.1) is 0 Å². The lowest BCUT2D eigenvalue weighted by molar-refractivity contribution is -0.111. The number of rotatable bonds is 4. The first-order valence-electron chi connectivity index (χ1n) is 5.35. The molecule has 1 aromatic rings. The van der Waals surface area contributed by atoms with E-state index in [0.717, 1.165) is 11.3 Å². The molecule has 3 nitrogen and oxygen atoms in total. The number of hydrogen-bond acceptors (Lipinski definition) is 2. The molecule has 0 saturated carbocycles. The zero-order chi connectivity index (χ0) is 12.3. The predicted octanol–water partition coefficient (Wildman–Crippen LogP) is 2.18. The summed E-state index contributed by atoms with van der Waals surface area (Å²) in [7, 11) is 0. The molecule has 0 radical (unpaired) electrons. The van der Waals surface area contributed by atoms with E-state index in [2.05, 4.69) is 0 Å². The van der Waals surface area contributed by atoms with Crippen LogP contribution in [0.4, 0.5) is 0 Å². The molecule has 1 rings (SSSR count). The van der Waals surface area contributed by atoms with E-state index in [1.165, 1.54) is 0 Å². The standard InChI is InChI=1S/C12H16ClNO2/c1-4-14-9(3)7-8(2)10(12(14)16)5-6-11(13)15/h7H,4-6H2,1-3H3. The minimum absolute atomic E-state index is 0.00193. The first kappa shape index (κ1) is 13.0. The largest absolute Gasteiger partial charge is 0.313 e. The van der Waals surface area contributed by atoms with E-state index in [0.29, 0.717) is 18.5 Å². The van der Waals surface area contributed by atoms with E-state index in [-0.39, 0.29) is 12.0 Å². The molecule has 88 valence electrons. The fraction of sp³-hybridized carbons (Fsp3) is 0.500. The lowest BCUT2D eigenvalue weighted by Crippen LogP contribution is -2.26. The van der Waals surface area contributed by atoms with Crippen LogP contribution >= 0.6 is 11.6 Å². The fourth-order valence-electron chi connectivity index (χ4n) is 1.89. The molecule has 0 unspecified atom stereocenters. The van der Waals surface area contributed by atoms with Gasteiger partial charge in [0.1, 0.15) is 0 Å². The molecule has 0 aliphatic rings. The monoisotopic (exact) mass is 241 g/mol. The summed E-state index contributed by atoms with van der Waals surface area (Å²) in [4.78, 5) is 22.8. The zero-order valence-corrected chi connectivity index (χ0v) is 10.6.